The van der Waals surface area contributed by atoms with Crippen molar-refractivity contribution >= 4 is 21.6 Å². The molecule has 0 saturated heterocycles. The molecule has 9 heteroatoms. The van der Waals surface area contributed by atoms with E-state index in [9.17, 15) is 8.42 Å². The average molecular weight is 349 g/mol. The number of hydrogen-bond donors (Lipinski definition) is 1. The summed E-state index contributed by atoms with van der Waals surface area (Å²) in [5.41, 5.74) is 2.12. The first-order chi connectivity index (χ1) is 11.4. The van der Waals surface area contributed by atoms with Gasteiger partial charge >= 0.3 is 0 Å². The van der Waals surface area contributed by atoms with E-state index in [1.54, 1.807) is 10.7 Å². The quantitative estimate of drug-likeness (QED) is 0.776. The fourth-order valence-electron chi connectivity index (χ4n) is 2.47. The van der Waals surface area contributed by atoms with E-state index in [1.807, 2.05) is 37.5 Å². The monoisotopic (exact) mass is 349 g/mol. The highest BCUT2D eigenvalue weighted by Crippen LogP contribution is 2.30. The maximum Gasteiger partial charge on any atom is 0.285 e. The number of aliphatic imine (C=N–C) groups is 1. The lowest BCUT2D eigenvalue weighted by atomic mass is 10.1. The predicted molar refractivity (Wildman–Crippen MR) is 92.2 cm³/mol. The molecule has 1 aliphatic heterocycles. The minimum atomic E-state index is -3.69. The van der Waals surface area contributed by atoms with Crippen molar-refractivity contribution in [1.82, 2.24) is 15.1 Å². The molecule has 0 aliphatic carbocycles. The fraction of sp³-hybridized carbons (Fsp3) is 0.333. The van der Waals surface area contributed by atoms with Gasteiger partial charge in [0.05, 0.1) is 24.2 Å². The molecule has 2 aromatic rings. The predicted octanol–water partition coefficient (Wildman–Crippen LogP) is 0.786. The molecule has 3 rings (SSSR count). The minimum Gasteiger partial charge on any atom is -0.370 e. The van der Waals surface area contributed by atoms with Gasteiger partial charge in [-0.05, 0) is 12.1 Å². The summed E-state index contributed by atoms with van der Waals surface area (Å²) in [4.78, 5) is 4.31. The maximum atomic E-state index is 11.7. The van der Waals surface area contributed by atoms with Gasteiger partial charge < -0.3 is 5.32 Å². The number of aryl methyl sites for hydroxylation is 1. The third-order valence-electron chi connectivity index (χ3n) is 3.42. The topological polar surface area (TPSA) is 88.8 Å². The number of aromatic nitrogens is 2. The third-order valence-corrected chi connectivity index (χ3v) is 3.88. The zero-order valence-electron chi connectivity index (χ0n) is 13.5. The Morgan fingerprint density at radius 1 is 1.33 bits per heavy atom. The van der Waals surface area contributed by atoms with Gasteiger partial charge in [-0.1, -0.05) is 18.2 Å². The Hall–Kier alpha value is -2.39. The molecule has 1 aromatic heterocycles. The van der Waals surface area contributed by atoms with E-state index < -0.39 is 10.1 Å². The van der Waals surface area contributed by atoms with Gasteiger partial charge in [-0.15, -0.1) is 4.28 Å². The molecule has 2 heterocycles. The van der Waals surface area contributed by atoms with Crippen LogP contribution < -0.4 is 10.4 Å². The summed E-state index contributed by atoms with van der Waals surface area (Å²) >= 11 is 0. The summed E-state index contributed by atoms with van der Waals surface area (Å²) in [7, 11) is -1.86. The number of nitrogens with zero attached hydrogens (tertiary/aromatic N) is 4. The van der Waals surface area contributed by atoms with Gasteiger partial charge in [0.25, 0.3) is 10.1 Å². The molecule has 8 nitrogen and oxygen atoms in total. The van der Waals surface area contributed by atoms with E-state index in [2.05, 4.69) is 15.4 Å². The van der Waals surface area contributed by atoms with Gasteiger partial charge in [0.1, 0.15) is 12.4 Å². The second-order valence-corrected chi connectivity index (χ2v) is 7.02. The first-order valence-electron chi connectivity index (χ1n) is 7.46. The summed E-state index contributed by atoms with van der Waals surface area (Å²) in [6, 6.07) is 9.23. The van der Waals surface area contributed by atoms with Crippen LogP contribution in [0.5, 0.6) is 0 Å². The Kier molecular flexibility index (Phi) is 4.54. The maximum absolute atomic E-state index is 11.7. The van der Waals surface area contributed by atoms with Crippen LogP contribution in [0.2, 0.25) is 0 Å². The Labute approximate surface area is 140 Å². The van der Waals surface area contributed by atoms with Crippen molar-refractivity contribution in [3.05, 3.63) is 36.5 Å². The molecule has 0 spiro atoms. The van der Waals surface area contributed by atoms with Crippen LogP contribution in [0.4, 0.5) is 5.69 Å². The van der Waals surface area contributed by atoms with Gasteiger partial charge in [0, 0.05) is 25.4 Å². The standard InChI is InChI=1S/C15H19N5O3S/c1-19-10-7-13(18-19)12-5-3-4-6-14(12)20(23-24(2,21)22)11-15-16-8-9-17-15/h3-7,10H,8-9,11H2,1-2H3,(H,16,17). The van der Waals surface area contributed by atoms with Crippen molar-refractivity contribution in [3.8, 4) is 11.3 Å². The van der Waals surface area contributed by atoms with Gasteiger partial charge in [-0.25, -0.2) is 5.06 Å². The van der Waals surface area contributed by atoms with Gasteiger partial charge in [-0.3, -0.25) is 9.67 Å². The van der Waals surface area contributed by atoms with Crippen LogP contribution in [0.3, 0.4) is 0 Å². The molecule has 0 saturated carbocycles. The van der Waals surface area contributed by atoms with E-state index in [4.69, 9.17) is 4.28 Å². The fourth-order valence-corrected chi connectivity index (χ4v) is 2.93. The largest absolute Gasteiger partial charge is 0.370 e. The van der Waals surface area contributed by atoms with Crippen LogP contribution in [0.25, 0.3) is 11.3 Å². The average Bonchev–Trinajstić information content (AvgIpc) is 3.17. The van der Waals surface area contributed by atoms with Gasteiger partial charge in [-0.2, -0.15) is 13.5 Å². The lowest BCUT2D eigenvalue weighted by molar-refractivity contribution is 0.300. The van der Waals surface area contributed by atoms with E-state index in [-0.39, 0.29) is 6.54 Å². The van der Waals surface area contributed by atoms with Crippen LogP contribution in [0.15, 0.2) is 41.5 Å². The SMILES string of the molecule is Cn1ccc(-c2ccccc2N(CC2=NCCN2)OS(C)(=O)=O)n1. The summed E-state index contributed by atoms with van der Waals surface area (Å²) in [6.45, 7) is 1.62. The van der Waals surface area contributed by atoms with E-state index in [0.717, 1.165) is 24.1 Å². The first-order valence-corrected chi connectivity index (χ1v) is 9.27. The zero-order valence-corrected chi connectivity index (χ0v) is 14.3. The number of rotatable bonds is 6. The summed E-state index contributed by atoms with van der Waals surface area (Å²) in [5.74, 6) is 0.689. The molecule has 128 valence electrons. The lowest BCUT2D eigenvalue weighted by Crippen LogP contribution is -2.37. The van der Waals surface area contributed by atoms with Crippen LogP contribution in [-0.4, -0.2) is 49.9 Å². The summed E-state index contributed by atoms with van der Waals surface area (Å²) in [5, 5.41) is 8.84. The smallest absolute Gasteiger partial charge is 0.285 e. The molecule has 0 atom stereocenters. The highest BCUT2D eigenvalue weighted by molar-refractivity contribution is 7.86. The van der Waals surface area contributed by atoms with Crippen molar-refractivity contribution in [2.45, 2.75) is 0 Å². The lowest BCUT2D eigenvalue weighted by Gasteiger charge is -2.24. The minimum absolute atomic E-state index is 0.205. The van der Waals surface area contributed by atoms with E-state index in [1.165, 1.54) is 5.06 Å². The molecule has 1 aromatic carbocycles. The molecule has 0 radical (unpaired) electrons. The Balaban J connectivity index is 2.00. The number of nitrogens with one attached hydrogen (secondary N) is 1. The number of para-hydroxylation sites is 1. The molecule has 0 unspecified atom stereocenters. The van der Waals surface area contributed by atoms with Crippen LogP contribution >= 0.6 is 0 Å². The van der Waals surface area contributed by atoms with Crippen LogP contribution in [-0.2, 0) is 21.4 Å². The Morgan fingerprint density at radius 2 is 2.12 bits per heavy atom. The first kappa shape index (κ1) is 16.5. The zero-order chi connectivity index (χ0) is 17.2. The Bertz CT molecular complexity index is 859. The van der Waals surface area contributed by atoms with Gasteiger partial charge in [0.15, 0.2) is 0 Å². The molecule has 0 fully saturated rings. The van der Waals surface area contributed by atoms with Crippen molar-refractivity contribution in [2.75, 3.05) is 31.0 Å². The summed E-state index contributed by atoms with van der Waals surface area (Å²) < 4.78 is 30.3. The number of hydroxylamine groups is 1. The van der Waals surface area contributed by atoms with Crippen LogP contribution in [0.1, 0.15) is 0 Å². The molecular formula is C15H19N5O3S. The molecule has 0 bridgehead atoms. The molecule has 1 aliphatic rings. The summed E-state index contributed by atoms with van der Waals surface area (Å²) in [6.07, 6.45) is 2.85. The second kappa shape index (κ2) is 6.62. The van der Waals surface area contributed by atoms with Crippen molar-refractivity contribution in [2.24, 2.45) is 12.0 Å². The normalized spacial score (nSPS) is 14.3. The van der Waals surface area contributed by atoms with E-state index in [0.29, 0.717) is 18.1 Å². The van der Waals surface area contributed by atoms with Crippen molar-refractivity contribution in [3.63, 3.8) is 0 Å². The van der Waals surface area contributed by atoms with E-state index >= 15 is 0 Å². The van der Waals surface area contributed by atoms with Crippen LogP contribution in [0, 0.1) is 0 Å². The Morgan fingerprint density at radius 3 is 2.75 bits per heavy atom. The number of anilines is 1. The number of hydrogen-bond acceptors (Lipinski definition) is 7. The number of benzene rings is 1. The molecule has 0 amide bonds. The highest BCUT2D eigenvalue weighted by Gasteiger charge is 2.21. The van der Waals surface area contributed by atoms with Gasteiger partial charge in [0.2, 0.25) is 0 Å². The number of amidine groups is 1. The molecule has 1 N–H and O–H groups in total. The van der Waals surface area contributed by atoms with Crippen molar-refractivity contribution < 1.29 is 12.7 Å². The molecule has 24 heavy (non-hydrogen) atoms. The highest BCUT2D eigenvalue weighted by atomic mass is 32.2. The van der Waals surface area contributed by atoms with Crippen molar-refractivity contribution in [1.29, 1.82) is 0 Å². The second-order valence-electron chi connectivity index (χ2n) is 5.46. The third kappa shape index (κ3) is 3.92. The molecular weight excluding hydrogens is 330 g/mol.